The lowest BCUT2D eigenvalue weighted by Gasteiger charge is -2.19. The predicted molar refractivity (Wildman–Crippen MR) is 112 cm³/mol. The number of carbonyl (C=O) groups is 1. The Morgan fingerprint density at radius 1 is 1.06 bits per heavy atom. The number of halogens is 2. The van der Waals surface area contributed by atoms with Crippen LogP contribution in [-0.4, -0.2) is 29.1 Å². The first-order valence-electron chi connectivity index (χ1n) is 9.96. The summed E-state index contributed by atoms with van der Waals surface area (Å²) in [6.07, 6.45) is 0. The Kier molecular flexibility index (Phi) is 6.13. The Hall–Kier alpha value is -3.45. The summed E-state index contributed by atoms with van der Waals surface area (Å²) in [6, 6.07) is 15.8. The molecule has 0 saturated carbocycles. The second-order valence-corrected chi connectivity index (χ2v) is 7.44. The first kappa shape index (κ1) is 20.8. The molecule has 3 aromatic carbocycles. The van der Waals surface area contributed by atoms with Crippen LogP contribution < -0.4 is 10.1 Å². The summed E-state index contributed by atoms with van der Waals surface area (Å²) in [5.74, 6) is -0.996. The second-order valence-electron chi connectivity index (χ2n) is 7.44. The molecule has 0 aliphatic carbocycles. The van der Waals surface area contributed by atoms with Crippen LogP contribution in [0.2, 0.25) is 0 Å². The van der Waals surface area contributed by atoms with E-state index in [1.54, 1.807) is 42.5 Å². The van der Waals surface area contributed by atoms with E-state index in [0.29, 0.717) is 43.1 Å². The van der Waals surface area contributed by atoms with Gasteiger partial charge in [0.05, 0.1) is 0 Å². The molecule has 0 spiro atoms. The van der Waals surface area contributed by atoms with E-state index in [4.69, 9.17) is 4.74 Å². The number of hydrogen-bond acceptors (Lipinski definition) is 4. The van der Waals surface area contributed by atoms with Crippen molar-refractivity contribution >= 4 is 5.91 Å². The van der Waals surface area contributed by atoms with E-state index in [2.05, 4.69) is 10.2 Å². The molecule has 1 aliphatic heterocycles. The Bertz CT molecular complexity index is 1100. The minimum Gasteiger partial charge on any atom is -0.505 e. The molecule has 160 valence electrons. The summed E-state index contributed by atoms with van der Waals surface area (Å²) in [4.78, 5) is 14.7. The van der Waals surface area contributed by atoms with Crippen LogP contribution in [-0.2, 0) is 19.6 Å². The first-order valence-corrected chi connectivity index (χ1v) is 9.96. The molecular weight excluding hydrogens is 402 g/mol. The van der Waals surface area contributed by atoms with Gasteiger partial charge in [-0.1, -0.05) is 24.3 Å². The van der Waals surface area contributed by atoms with E-state index in [1.807, 2.05) is 0 Å². The largest absolute Gasteiger partial charge is 0.505 e. The smallest absolute Gasteiger partial charge is 0.251 e. The molecule has 1 heterocycles. The molecule has 0 saturated heterocycles. The van der Waals surface area contributed by atoms with E-state index in [1.165, 1.54) is 18.2 Å². The van der Waals surface area contributed by atoms with Crippen LogP contribution in [0.1, 0.15) is 27.0 Å². The number of amides is 1. The van der Waals surface area contributed by atoms with Crippen molar-refractivity contribution in [1.82, 2.24) is 10.2 Å². The molecule has 7 heteroatoms. The number of carbonyl (C=O) groups excluding carboxylic acids is 1. The molecular formula is C24H22F2N2O3. The van der Waals surface area contributed by atoms with Gasteiger partial charge in [0.1, 0.15) is 18.2 Å². The van der Waals surface area contributed by atoms with Crippen molar-refractivity contribution in [2.75, 3.05) is 13.2 Å². The number of ether oxygens (including phenoxy) is 1. The molecule has 0 unspecified atom stereocenters. The van der Waals surface area contributed by atoms with Crippen LogP contribution in [0.15, 0.2) is 60.7 Å². The molecule has 0 radical (unpaired) electrons. The van der Waals surface area contributed by atoms with Gasteiger partial charge in [0.25, 0.3) is 5.91 Å². The van der Waals surface area contributed by atoms with Crippen LogP contribution in [0.5, 0.6) is 11.5 Å². The maximum absolute atomic E-state index is 13.8. The molecule has 3 aromatic rings. The maximum Gasteiger partial charge on any atom is 0.251 e. The Labute approximate surface area is 178 Å². The van der Waals surface area contributed by atoms with E-state index in [9.17, 15) is 18.7 Å². The van der Waals surface area contributed by atoms with Gasteiger partial charge < -0.3 is 15.2 Å². The highest BCUT2D eigenvalue weighted by Gasteiger charge is 2.18. The van der Waals surface area contributed by atoms with Gasteiger partial charge in [0.15, 0.2) is 11.6 Å². The molecule has 4 rings (SSSR count). The summed E-state index contributed by atoms with van der Waals surface area (Å²) < 4.78 is 33.2. The summed E-state index contributed by atoms with van der Waals surface area (Å²) in [5.41, 5.74) is 2.45. The van der Waals surface area contributed by atoms with E-state index in [-0.39, 0.29) is 24.0 Å². The Morgan fingerprint density at radius 3 is 2.71 bits per heavy atom. The summed E-state index contributed by atoms with van der Waals surface area (Å²) in [7, 11) is 0. The fourth-order valence-corrected chi connectivity index (χ4v) is 3.55. The average Bonchev–Trinajstić information content (AvgIpc) is 2.96. The molecule has 31 heavy (non-hydrogen) atoms. The molecule has 5 nitrogen and oxygen atoms in total. The van der Waals surface area contributed by atoms with Gasteiger partial charge in [0, 0.05) is 42.9 Å². The van der Waals surface area contributed by atoms with E-state index in [0.717, 1.165) is 11.1 Å². The van der Waals surface area contributed by atoms with Crippen molar-refractivity contribution in [3.05, 3.63) is 94.6 Å². The zero-order valence-electron chi connectivity index (χ0n) is 16.8. The highest BCUT2D eigenvalue weighted by atomic mass is 19.1. The number of phenols is 1. The molecule has 1 amide bonds. The fourth-order valence-electron chi connectivity index (χ4n) is 3.55. The van der Waals surface area contributed by atoms with Gasteiger partial charge in [-0.15, -0.1) is 0 Å². The van der Waals surface area contributed by atoms with Crippen molar-refractivity contribution in [2.45, 2.75) is 19.6 Å². The maximum atomic E-state index is 13.8. The zero-order chi connectivity index (χ0) is 21.8. The van der Waals surface area contributed by atoms with Gasteiger partial charge in [0.2, 0.25) is 0 Å². The van der Waals surface area contributed by atoms with Crippen LogP contribution in [0.4, 0.5) is 8.78 Å². The number of nitrogens with one attached hydrogen (secondary N) is 1. The molecule has 2 N–H and O–H groups in total. The monoisotopic (exact) mass is 424 g/mol. The molecule has 0 bridgehead atoms. The van der Waals surface area contributed by atoms with Crippen molar-refractivity contribution in [3.8, 4) is 11.5 Å². The number of hydrogen-bond donors (Lipinski definition) is 2. The SMILES string of the molecule is O=C(NCc1ccccc1F)c1ccc2c(c1)CN(Cc1ccc(O)c(F)c1)CCO2. The van der Waals surface area contributed by atoms with Gasteiger partial charge in [-0.05, 0) is 42.0 Å². The standard InChI is InChI=1S/C24H22F2N2O3/c25-20-4-2-1-3-18(20)13-27-24(30)17-6-8-23-19(12-17)15-28(9-10-31-23)14-16-5-7-22(29)21(26)11-16/h1-8,11-12,29H,9-10,13-15H2,(H,27,30). The quantitative estimate of drug-likeness (QED) is 0.650. The highest BCUT2D eigenvalue weighted by Crippen LogP contribution is 2.26. The third-order valence-electron chi connectivity index (χ3n) is 5.20. The van der Waals surface area contributed by atoms with Crippen molar-refractivity contribution < 1.29 is 23.4 Å². The average molecular weight is 424 g/mol. The topological polar surface area (TPSA) is 61.8 Å². The fraction of sp³-hybridized carbons (Fsp3) is 0.208. The van der Waals surface area contributed by atoms with Gasteiger partial charge in [-0.3, -0.25) is 9.69 Å². The lowest BCUT2D eigenvalue weighted by Crippen LogP contribution is -2.25. The molecule has 0 aromatic heterocycles. The molecule has 0 fully saturated rings. The third kappa shape index (κ3) is 5.00. The number of benzene rings is 3. The lowest BCUT2D eigenvalue weighted by molar-refractivity contribution is 0.0950. The minimum atomic E-state index is -0.655. The van der Waals surface area contributed by atoms with E-state index < -0.39 is 5.82 Å². The molecule has 1 aliphatic rings. The lowest BCUT2D eigenvalue weighted by atomic mass is 10.1. The number of nitrogens with zero attached hydrogens (tertiary/aromatic N) is 1. The van der Waals surface area contributed by atoms with Crippen molar-refractivity contribution in [3.63, 3.8) is 0 Å². The van der Waals surface area contributed by atoms with Crippen LogP contribution in [0, 0.1) is 11.6 Å². The van der Waals surface area contributed by atoms with Crippen molar-refractivity contribution in [2.24, 2.45) is 0 Å². The normalized spacial score (nSPS) is 13.7. The summed E-state index contributed by atoms with van der Waals surface area (Å²) in [5, 5.41) is 12.1. The van der Waals surface area contributed by atoms with Crippen molar-refractivity contribution in [1.29, 1.82) is 0 Å². The number of aromatic hydroxyl groups is 1. The summed E-state index contributed by atoms with van der Waals surface area (Å²) in [6.45, 7) is 2.19. The Morgan fingerprint density at radius 2 is 1.90 bits per heavy atom. The number of rotatable bonds is 5. The summed E-state index contributed by atoms with van der Waals surface area (Å²) >= 11 is 0. The molecule has 0 atom stereocenters. The zero-order valence-corrected chi connectivity index (χ0v) is 16.8. The highest BCUT2D eigenvalue weighted by molar-refractivity contribution is 5.94. The van der Waals surface area contributed by atoms with Crippen LogP contribution in [0.3, 0.4) is 0 Å². The number of fused-ring (bicyclic) bond motifs is 1. The predicted octanol–water partition coefficient (Wildman–Crippen LogP) is 4.00. The first-order chi connectivity index (χ1) is 15.0. The van der Waals surface area contributed by atoms with E-state index >= 15 is 0 Å². The van der Waals surface area contributed by atoms with Gasteiger partial charge in [-0.25, -0.2) is 8.78 Å². The van der Waals surface area contributed by atoms with Gasteiger partial charge >= 0.3 is 0 Å². The Balaban J connectivity index is 1.46. The van der Waals surface area contributed by atoms with Crippen LogP contribution >= 0.6 is 0 Å². The van der Waals surface area contributed by atoms with Gasteiger partial charge in [-0.2, -0.15) is 0 Å². The minimum absolute atomic E-state index is 0.0949. The number of phenolic OH excluding ortho intramolecular Hbond substituents is 1. The second kappa shape index (κ2) is 9.14. The third-order valence-corrected chi connectivity index (χ3v) is 5.20. The van der Waals surface area contributed by atoms with Crippen LogP contribution in [0.25, 0.3) is 0 Å².